The second kappa shape index (κ2) is 4.65. The molecule has 0 atom stereocenters. The number of aryl methyl sites for hydroxylation is 1. The Labute approximate surface area is 92.7 Å². The number of aromatic nitrogens is 1. The summed E-state index contributed by atoms with van der Waals surface area (Å²) >= 11 is 0. The van der Waals surface area contributed by atoms with Crippen LogP contribution in [0.4, 0.5) is 0 Å². The van der Waals surface area contributed by atoms with E-state index in [0.29, 0.717) is 6.61 Å². The van der Waals surface area contributed by atoms with Crippen LogP contribution in [0.3, 0.4) is 0 Å². The number of nitrogens with zero attached hydrogens (tertiary/aromatic N) is 1. The van der Waals surface area contributed by atoms with Crippen LogP contribution in [-0.4, -0.2) is 11.6 Å². The van der Waals surface area contributed by atoms with Gasteiger partial charge in [-0.3, -0.25) is 4.98 Å². The van der Waals surface area contributed by atoms with E-state index in [1.165, 1.54) is 11.3 Å². The van der Waals surface area contributed by atoms with Crippen LogP contribution in [0.25, 0.3) is 0 Å². The summed E-state index contributed by atoms with van der Waals surface area (Å²) in [5, 5.41) is 0. The Hall–Kier alpha value is -1.05. The molecule has 0 aliphatic carbocycles. The molecule has 1 aromatic heterocycles. The molecule has 0 aliphatic heterocycles. The van der Waals surface area contributed by atoms with E-state index >= 15 is 0 Å². The zero-order valence-corrected chi connectivity index (χ0v) is 10.4. The summed E-state index contributed by atoms with van der Waals surface area (Å²) in [6, 6.07) is 2.11. The molecule has 1 aromatic rings. The summed E-state index contributed by atoms with van der Waals surface area (Å²) in [5.41, 5.74) is 2.57. The molecule has 0 unspecified atom stereocenters. The third kappa shape index (κ3) is 2.95. The van der Waals surface area contributed by atoms with E-state index < -0.39 is 0 Å². The van der Waals surface area contributed by atoms with Crippen LogP contribution in [0.5, 0.6) is 5.75 Å². The molecule has 0 saturated carbocycles. The first-order chi connectivity index (χ1) is 6.99. The molecule has 0 amide bonds. The highest BCUT2D eigenvalue weighted by atomic mass is 16.5. The lowest BCUT2D eigenvalue weighted by molar-refractivity contribution is 0.337. The third-order valence-corrected chi connectivity index (χ3v) is 2.34. The van der Waals surface area contributed by atoms with Gasteiger partial charge in [-0.1, -0.05) is 27.7 Å². The topological polar surface area (TPSA) is 22.1 Å². The standard InChI is InChI=1S/C13H21NO/c1-6-10-8-11(15-7-2)9-14-12(10)13(3,4)5/h8-9H,6-7H2,1-5H3. The van der Waals surface area contributed by atoms with Gasteiger partial charge >= 0.3 is 0 Å². The van der Waals surface area contributed by atoms with Crippen LogP contribution in [-0.2, 0) is 11.8 Å². The molecule has 1 rings (SSSR count). The molecular weight excluding hydrogens is 186 g/mol. The van der Waals surface area contributed by atoms with Gasteiger partial charge < -0.3 is 4.74 Å². The maximum absolute atomic E-state index is 5.45. The molecule has 0 bridgehead atoms. The van der Waals surface area contributed by atoms with E-state index in [0.717, 1.165) is 12.2 Å². The van der Waals surface area contributed by atoms with Gasteiger partial charge in [-0.25, -0.2) is 0 Å². The van der Waals surface area contributed by atoms with Crippen molar-refractivity contribution in [2.75, 3.05) is 6.61 Å². The van der Waals surface area contributed by atoms with Crippen molar-refractivity contribution in [3.05, 3.63) is 23.5 Å². The first-order valence-electron chi connectivity index (χ1n) is 5.61. The van der Waals surface area contributed by atoms with Gasteiger partial charge in [0.1, 0.15) is 5.75 Å². The Morgan fingerprint density at radius 1 is 1.27 bits per heavy atom. The third-order valence-electron chi connectivity index (χ3n) is 2.34. The second-order valence-electron chi connectivity index (χ2n) is 4.72. The number of hydrogen-bond donors (Lipinski definition) is 0. The Morgan fingerprint density at radius 3 is 2.40 bits per heavy atom. The Balaban J connectivity index is 3.09. The summed E-state index contributed by atoms with van der Waals surface area (Å²) in [5.74, 6) is 0.877. The molecule has 15 heavy (non-hydrogen) atoms. The highest BCUT2D eigenvalue weighted by Crippen LogP contribution is 2.26. The van der Waals surface area contributed by atoms with Crippen molar-refractivity contribution in [3.8, 4) is 5.75 Å². The quantitative estimate of drug-likeness (QED) is 0.758. The molecule has 0 saturated heterocycles. The average Bonchev–Trinajstić information content (AvgIpc) is 2.16. The fraction of sp³-hybridized carbons (Fsp3) is 0.615. The van der Waals surface area contributed by atoms with E-state index in [1.807, 2.05) is 13.1 Å². The van der Waals surface area contributed by atoms with E-state index in [9.17, 15) is 0 Å². The van der Waals surface area contributed by atoms with E-state index in [2.05, 4.69) is 38.7 Å². The average molecular weight is 207 g/mol. The summed E-state index contributed by atoms with van der Waals surface area (Å²) in [4.78, 5) is 4.51. The molecule has 1 heterocycles. The van der Waals surface area contributed by atoms with E-state index in [4.69, 9.17) is 4.74 Å². The fourth-order valence-electron chi connectivity index (χ4n) is 1.68. The van der Waals surface area contributed by atoms with Crippen molar-refractivity contribution in [2.45, 2.75) is 46.5 Å². The Bertz CT molecular complexity index is 326. The van der Waals surface area contributed by atoms with E-state index in [-0.39, 0.29) is 5.41 Å². The zero-order valence-electron chi connectivity index (χ0n) is 10.4. The minimum absolute atomic E-state index is 0.107. The van der Waals surface area contributed by atoms with Crippen LogP contribution in [0, 0.1) is 0 Å². The predicted molar refractivity (Wildman–Crippen MR) is 63.5 cm³/mol. The molecular formula is C13H21NO. The van der Waals surface area contributed by atoms with Crippen molar-refractivity contribution in [1.29, 1.82) is 0 Å². The van der Waals surface area contributed by atoms with Gasteiger partial charge in [0.25, 0.3) is 0 Å². The number of hydrogen-bond acceptors (Lipinski definition) is 2. The normalized spacial score (nSPS) is 11.5. The maximum atomic E-state index is 5.45. The monoisotopic (exact) mass is 207 g/mol. The summed E-state index contributed by atoms with van der Waals surface area (Å²) in [6.45, 7) is 11.4. The highest BCUT2D eigenvalue weighted by molar-refractivity contribution is 5.33. The number of rotatable bonds is 3. The van der Waals surface area contributed by atoms with Crippen LogP contribution >= 0.6 is 0 Å². The molecule has 0 radical (unpaired) electrons. The largest absolute Gasteiger partial charge is 0.492 e. The lowest BCUT2D eigenvalue weighted by Crippen LogP contribution is -2.16. The summed E-state index contributed by atoms with van der Waals surface area (Å²) in [6.07, 6.45) is 2.82. The van der Waals surface area contributed by atoms with Gasteiger partial charge in [-0.2, -0.15) is 0 Å². The first-order valence-corrected chi connectivity index (χ1v) is 5.61. The zero-order chi connectivity index (χ0) is 11.5. The molecule has 0 N–H and O–H groups in total. The summed E-state index contributed by atoms with van der Waals surface area (Å²) < 4.78 is 5.45. The van der Waals surface area contributed by atoms with Gasteiger partial charge in [0.05, 0.1) is 12.8 Å². The second-order valence-corrected chi connectivity index (χ2v) is 4.72. The predicted octanol–water partition coefficient (Wildman–Crippen LogP) is 3.34. The van der Waals surface area contributed by atoms with Gasteiger partial charge in [-0.05, 0) is 25.0 Å². The van der Waals surface area contributed by atoms with Crippen molar-refractivity contribution < 1.29 is 4.74 Å². The highest BCUT2D eigenvalue weighted by Gasteiger charge is 2.19. The van der Waals surface area contributed by atoms with Crippen molar-refractivity contribution in [3.63, 3.8) is 0 Å². The SMILES string of the molecule is CCOc1cnc(C(C)(C)C)c(CC)c1. The number of ether oxygens (including phenoxy) is 1. The molecule has 0 fully saturated rings. The number of pyridine rings is 1. The van der Waals surface area contributed by atoms with Crippen LogP contribution in [0.2, 0.25) is 0 Å². The van der Waals surface area contributed by atoms with Crippen molar-refractivity contribution in [1.82, 2.24) is 4.98 Å². The van der Waals surface area contributed by atoms with E-state index in [1.54, 1.807) is 0 Å². The van der Waals surface area contributed by atoms with Crippen molar-refractivity contribution in [2.24, 2.45) is 0 Å². The molecule has 2 heteroatoms. The molecule has 0 aliphatic rings. The minimum atomic E-state index is 0.107. The van der Waals surface area contributed by atoms with Gasteiger partial charge in [0, 0.05) is 11.1 Å². The molecule has 0 spiro atoms. The fourth-order valence-corrected chi connectivity index (χ4v) is 1.68. The Morgan fingerprint density at radius 2 is 1.93 bits per heavy atom. The molecule has 0 aromatic carbocycles. The smallest absolute Gasteiger partial charge is 0.137 e. The van der Waals surface area contributed by atoms with Crippen LogP contribution in [0.1, 0.15) is 45.9 Å². The lowest BCUT2D eigenvalue weighted by Gasteiger charge is -2.21. The van der Waals surface area contributed by atoms with Crippen molar-refractivity contribution >= 4 is 0 Å². The first kappa shape index (κ1) is 12.0. The molecule has 2 nitrogen and oxygen atoms in total. The Kier molecular flexibility index (Phi) is 3.72. The lowest BCUT2D eigenvalue weighted by atomic mass is 9.87. The maximum Gasteiger partial charge on any atom is 0.137 e. The van der Waals surface area contributed by atoms with Gasteiger partial charge in [-0.15, -0.1) is 0 Å². The van der Waals surface area contributed by atoms with Gasteiger partial charge in [0.2, 0.25) is 0 Å². The van der Waals surface area contributed by atoms with Crippen LogP contribution < -0.4 is 4.74 Å². The van der Waals surface area contributed by atoms with Gasteiger partial charge in [0.15, 0.2) is 0 Å². The summed E-state index contributed by atoms with van der Waals surface area (Å²) in [7, 11) is 0. The molecule has 84 valence electrons. The van der Waals surface area contributed by atoms with Crippen LogP contribution in [0.15, 0.2) is 12.3 Å². The minimum Gasteiger partial charge on any atom is -0.492 e.